The van der Waals surface area contributed by atoms with Gasteiger partial charge in [-0.05, 0) is 24.6 Å². The van der Waals surface area contributed by atoms with Crippen molar-refractivity contribution in [2.75, 3.05) is 13.2 Å². The minimum Gasteiger partial charge on any atom is -0.478 e. The monoisotopic (exact) mass is 333 g/mol. The summed E-state index contributed by atoms with van der Waals surface area (Å²) in [6, 6.07) is 2.15. The van der Waals surface area contributed by atoms with Crippen LogP contribution in [0.4, 0.5) is 8.78 Å². The van der Waals surface area contributed by atoms with Crippen LogP contribution in [0.3, 0.4) is 0 Å². The molecule has 1 aliphatic heterocycles. The molecule has 0 spiro atoms. The molecule has 1 heterocycles. The van der Waals surface area contributed by atoms with Crippen molar-refractivity contribution in [2.45, 2.75) is 24.8 Å². The normalized spacial score (nSPS) is 21.0. The maximum Gasteiger partial charge on any atom is 0.335 e. The number of aromatic carboxylic acids is 1. The van der Waals surface area contributed by atoms with Gasteiger partial charge in [-0.1, -0.05) is 11.6 Å². The van der Waals surface area contributed by atoms with Gasteiger partial charge in [-0.3, -0.25) is 4.79 Å². The van der Waals surface area contributed by atoms with E-state index in [1.54, 1.807) is 0 Å². The van der Waals surface area contributed by atoms with Crippen molar-refractivity contribution < 1.29 is 28.2 Å². The Bertz CT molecular complexity index is 594. The van der Waals surface area contributed by atoms with E-state index in [2.05, 4.69) is 5.32 Å². The van der Waals surface area contributed by atoms with Gasteiger partial charge in [0.1, 0.15) is 0 Å². The number of amides is 1. The third-order valence-electron chi connectivity index (χ3n) is 3.41. The van der Waals surface area contributed by atoms with Gasteiger partial charge in [0.25, 0.3) is 11.8 Å². The number of carbonyl (C=O) groups is 2. The van der Waals surface area contributed by atoms with E-state index < -0.39 is 30.3 Å². The van der Waals surface area contributed by atoms with Gasteiger partial charge in [0.05, 0.1) is 28.8 Å². The molecule has 8 heteroatoms. The minimum absolute atomic E-state index is 0.0103. The summed E-state index contributed by atoms with van der Waals surface area (Å²) in [7, 11) is 0. The standard InChI is InChI=1S/C14H14ClF2NO4/c15-10-7-8(13(20)21)1-2-9(10)12(19)18-11-3-5-22-6-4-14(11,16)17/h1-2,7,11H,3-6H2,(H,18,19)(H,20,21). The molecule has 0 radical (unpaired) electrons. The highest BCUT2D eigenvalue weighted by Crippen LogP contribution is 2.28. The Morgan fingerprint density at radius 2 is 2.09 bits per heavy atom. The van der Waals surface area contributed by atoms with E-state index >= 15 is 0 Å². The Morgan fingerprint density at radius 1 is 1.36 bits per heavy atom. The van der Waals surface area contributed by atoms with Crippen molar-refractivity contribution >= 4 is 23.5 Å². The van der Waals surface area contributed by atoms with Gasteiger partial charge < -0.3 is 15.2 Å². The average molecular weight is 334 g/mol. The molecule has 1 atom stereocenters. The quantitative estimate of drug-likeness (QED) is 0.891. The first kappa shape index (κ1) is 16.6. The third kappa shape index (κ3) is 3.72. The van der Waals surface area contributed by atoms with Crippen LogP contribution in [0.2, 0.25) is 5.02 Å². The Hall–Kier alpha value is -1.73. The van der Waals surface area contributed by atoms with E-state index in [-0.39, 0.29) is 35.8 Å². The number of rotatable bonds is 3. The lowest BCUT2D eigenvalue weighted by Gasteiger charge is -2.25. The molecule has 1 unspecified atom stereocenters. The fourth-order valence-electron chi connectivity index (χ4n) is 2.14. The van der Waals surface area contributed by atoms with E-state index in [9.17, 15) is 18.4 Å². The molecule has 0 bridgehead atoms. The van der Waals surface area contributed by atoms with E-state index in [1.807, 2.05) is 0 Å². The number of alkyl halides is 2. The summed E-state index contributed by atoms with van der Waals surface area (Å²) in [6.45, 7) is 0.0691. The predicted molar refractivity (Wildman–Crippen MR) is 74.7 cm³/mol. The highest BCUT2D eigenvalue weighted by Gasteiger charge is 2.41. The molecular weight excluding hydrogens is 320 g/mol. The maximum absolute atomic E-state index is 13.9. The molecule has 120 valence electrons. The van der Waals surface area contributed by atoms with E-state index in [0.29, 0.717) is 0 Å². The van der Waals surface area contributed by atoms with E-state index in [0.717, 1.165) is 6.07 Å². The summed E-state index contributed by atoms with van der Waals surface area (Å²) in [5, 5.41) is 11.0. The summed E-state index contributed by atoms with van der Waals surface area (Å²) < 4.78 is 32.7. The van der Waals surface area contributed by atoms with Crippen LogP contribution in [0, 0.1) is 0 Å². The van der Waals surface area contributed by atoms with Gasteiger partial charge in [-0.2, -0.15) is 0 Å². The second kappa shape index (κ2) is 6.58. The largest absolute Gasteiger partial charge is 0.478 e. The van der Waals surface area contributed by atoms with Crippen LogP contribution < -0.4 is 5.32 Å². The van der Waals surface area contributed by atoms with Crippen LogP contribution in [0.25, 0.3) is 0 Å². The molecule has 2 rings (SSSR count). The SMILES string of the molecule is O=C(O)c1ccc(C(=O)NC2CCOCCC2(F)F)c(Cl)c1. The van der Waals surface area contributed by atoms with Gasteiger partial charge in [0.2, 0.25) is 0 Å². The molecule has 0 aromatic heterocycles. The van der Waals surface area contributed by atoms with Crippen LogP contribution in [0.15, 0.2) is 18.2 Å². The Labute approximate surface area is 130 Å². The lowest BCUT2D eigenvalue weighted by atomic mass is 10.0. The molecule has 1 aromatic carbocycles. The number of hydrogen-bond donors (Lipinski definition) is 2. The van der Waals surface area contributed by atoms with Crippen molar-refractivity contribution in [2.24, 2.45) is 0 Å². The second-order valence-electron chi connectivity index (χ2n) is 4.94. The van der Waals surface area contributed by atoms with Gasteiger partial charge in [0, 0.05) is 13.0 Å². The number of nitrogens with one attached hydrogen (secondary N) is 1. The lowest BCUT2D eigenvalue weighted by Crippen LogP contribution is -2.47. The molecule has 0 aliphatic carbocycles. The molecule has 2 N–H and O–H groups in total. The predicted octanol–water partition coefficient (Wildman–Crippen LogP) is 2.58. The molecule has 1 fully saturated rings. The number of ether oxygens (including phenoxy) is 1. The van der Waals surface area contributed by atoms with Gasteiger partial charge in [0.15, 0.2) is 0 Å². The summed E-state index contributed by atoms with van der Waals surface area (Å²) in [5.41, 5.74) is -0.137. The molecule has 1 aliphatic rings. The van der Waals surface area contributed by atoms with Crippen LogP contribution in [-0.2, 0) is 4.74 Å². The van der Waals surface area contributed by atoms with Crippen molar-refractivity contribution in [3.05, 3.63) is 34.3 Å². The van der Waals surface area contributed by atoms with Crippen molar-refractivity contribution in [3.8, 4) is 0 Å². The van der Waals surface area contributed by atoms with Crippen molar-refractivity contribution in [1.82, 2.24) is 5.32 Å². The number of carboxylic acid groups (broad SMARTS) is 1. The topological polar surface area (TPSA) is 75.6 Å². The van der Waals surface area contributed by atoms with Crippen LogP contribution in [-0.4, -0.2) is 42.2 Å². The van der Waals surface area contributed by atoms with Gasteiger partial charge in [-0.15, -0.1) is 0 Å². The van der Waals surface area contributed by atoms with Gasteiger partial charge >= 0.3 is 5.97 Å². The fraction of sp³-hybridized carbons (Fsp3) is 0.429. The maximum atomic E-state index is 13.9. The Kier molecular flexibility index (Phi) is 4.97. The number of carbonyl (C=O) groups excluding carboxylic acids is 1. The average Bonchev–Trinajstić information content (AvgIpc) is 2.60. The molecule has 1 aromatic rings. The Morgan fingerprint density at radius 3 is 2.73 bits per heavy atom. The zero-order valence-corrected chi connectivity index (χ0v) is 12.2. The minimum atomic E-state index is -3.07. The summed E-state index contributed by atoms with van der Waals surface area (Å²) in [4.78, 5) is 22.9. The number of halogens is 3. The first-order chi connectivity index (χ1) is 10.3. The van der Waals surface area contributed by atoms with Gasteiger partial charge in [-0.25, -0.2) is 13.6 Å². The zero-order chi connectivity index (χ0) is 16.3. The van der Waals surface area contributed by atoms with Crippen LogP contribution >= 0.6 is 11.6 Å². The van der Waals surface area contributed by atoms with E-state index in [4.69, 9.17) is 21.4 Å². The Balaban J connectivity index is 2.16. The first-order valence-electron chi connectivity index (χ1n) is 6.60. The summed E-state index contributed by atoms with van der Waals surface area (Å²) >= 11 is 5.85. The van der Waals surface area contributed by atoms with Crippen LogP contribution in [0.1, 0.15) is 33.6 Å². The number of benzene rings is 1. The molecule has 1 saturated heterocycles. The third-order valence-corrected chi connectivity index (χ3v) is 3.72. The second-order valence-corrected chi connectivity index (χ2v) is 5.35. The fourth-order valence-corrected chi connectivity index (χ4v) is 2.41. The number of carboxylic acids is 1. The van der Waals surface area contributed by atoms with Crippen molar-refractivity contribution in [1.29, 1.82) is 0 Å². The smallest absolute Gasteiger partial charge is 0.335 e. The van der Waals surface area contributed by atoms with Crippen LogP contribution in [0.5, 0.6) is 0 Å². The van der Waals surface area contributed by atoms with Crippen molar-refractivity contribution in [3.63, 3.8) is 0 Å². The lowest BCUT2D eigenvalue weighted by molar-refractivity contribution is -0.0419. The highest BCUT2D eigenvalue weighted by atomic mass is 35.5. The zero-order valence-electron chi connectivity index (χ0n) is 11.4. The molecule has 1 amide bonds. The summed E-state index contributed by atoms with van der Waals surface area (Å²) in [6.07, 6.45) is -0.479. The molecule has 0 saturated carbocycles. The highest BCUT2D eigenvalue weighted by molar-refractivity contribution is 6.34. The molecular formula is C14H14ClF2NO4. The molecule has 5 nitrogen and oxygen atoms in total. The molecule has 22 heavy (non-hydrogen) atoms. The summed E-state index contributed by atoms with van der Waals surface area (Å²) in [5.74, 6) is -5.03. The van der Waals surface area contributed by atoms with E-state index in [1.165, 1.54) is 12.1 Å². The first-order valence-corrected chi connectivity index (χ1v) is 6.98. The number of hydrogen-bond acceptors (Lipinski definition) is 3.